The first kappa shape index (κ1) is 9.97. The van der Waals surface area contributed by atoms with Gasteiger partial charge in [-0.3, -0.25) is 0 Å². The first-order chi connectivity index (χ1) is 7.18. The maximum absolute atomic E-state index is 10.8. The lowest BCUT2D eigenvalue weighted by atomic mass is 10.3. The molecule has 1 aliphatic heterocycles. The maximum atomic E-state index is 10.8. The number of carboxylic acid groups (broad SMARTS) is 1. The average Bonchev–Trinajstić information content (AvgIpc) is 2.64. The van der Waals surface area contributed by atoms with Crippen LogP contribution >= 0.6 is 0 Å². The predicted molar refractivity (Wildman–Crippen MR) is 52.8 cm³/mol. The molecular formula is C9H13N3O3. The number of rotatable bonds is 2. The lowest BCUT2D eigenvalue weighted by Gasteiger charge is -2.31. The van der Waals surface area contributed by atoms with Crippen LogP contribution in [-0.4, -0.2) is 46.4 Å². The van der Waals surface area contributed by atoms with Crippen LogP contribution in [0.15, 0.2) is 12.4 Å². The quantitative estimate of drug-likeness (QED) is 0.728. The van der Waals surface area contributed by atoms with Crippen molar-refractivity contribution in [3.05, 3.63) is 12.4 Å². The Hall–Kier alpha value is -1.56. The topological polar surface area (TPSA) is 67.6 Å². The Morgan fingerprint density at radius 2 is 2.53 bits per heavy atom. The lowest BCUT2D eigenvalue weighted by molar-refractivity contribution is -0.150. The van der Waals surface area contributed by atoms with Gasteiger partial charge in [0, 0.05) is 26.0 Å². The van der Waals surface area contributed by atoms with Gasteiger partial charge in [-0.05, 0) is 0 Å². The van der Waals surface area contributed by atoms with E-state index in [0.717, 1.165) is 5.95 Å². The van der Waals surface area contributed by atoms with Crippen LogP contribution in [0.3, 0.4) is 0 Å². The van der Waals surface area contributed by atoms with Crippen molar-refractivity contribution in [2.45, 2.75) is 6.10 Å². The highest BCUT2D eigenvalue weighted by Gasteiger charge is 2.27. The summed E-state index contributed by atoms with van der Waals surface area (Å²) in [5, 5.41) is 8.84. The number of hydrogen-bond donors (Lipinski definition) is 1. The summed E-state index contributed by atoms with van der Waals surface area (Å²) in [6.45, 7) is 1.44. The van der Waals surface area contributed by atoms with E-state index in [9.17, 15) is 4.79 Å². The van der Waals surface area contributed by atoms with E-state index < -0.39 is 12.1 Å². The van der Waals surface area contributed by atoms with Crippen molar-refractivity contribution in [2.24, 2.45) is 7.05 Å². The van der Waals surface area contributed by atoms with E-state index >= 15 is 0 Å². The second-order valence-corrected chi connectivity index (χ2v) is 3.48. The molecule has 82 valence electrons. The van der Waals surface area contributed by atoms with E-state index in [2.05, 4.69) is 4.98 Å². The molecule has 1 fully saturated rings. The zero-order valence-corrected chi connectivity index (χ0v) is 8.46. The molecule has 0 spiro atoms. The largest absolute Gasteiger partial charge is 0.479 e. The van der Waals surface area contributed by atoms with Gasteiger partial charge in [-0.25, -0.2) is 9.78 Å². The van der Waals surface area contributed by atoms with Crippen molar-refractivity contribution in [1.82, 2.24) is 9.55 Å². The van der Waals surface area contributed by atoms with E-state index in [0.29, 0.717) is 19.7 Å². The minimum absolute atomic E-state index is 0.347. The molecule has 1 atom stereocenters. The molecular weight excluding hydrogens is 198 g/mol. The smallest absolute Gasteiger partial charge is 0.334 e. The van der Waals surface area contributed by atoms with Gasteiger partial charge in [-0.1, -0.05) is 0 Å². The van der Waals surface area contributed by atoms with Crippen LogP contribution in [-0.2, 0) is 16.6 Å². The number of morpholine rings is 1. The number of aliphatic carboxylic acids is 1. The molecule has 15 heavy (non-hydrogen) atoms. The van der Waals surface area contributed by atoms with E-state index in [1.54, 1.807) is 6.20 Å². The Balaban J connectivity index is 2.11. The van der Waals surface area contributed by atoms with E-state index in [1.165, 1.54) is 0 Å². The second kappa shape index (κ2) is 3.90. The summed E-state index contributed by atoms with van der Waals surface area (Å²) in [6, 6.07) is 0. The number of aryl methyl sites for hydroxylation is 1. The molecule has 1 N–H and O–H groups in total. The van der Waals surface area contributed by atoms with Gasteiger partial charge in [-0.2, -0.15) is 0 Å². The third-order valence-electron chi connectivity index (χ3n) is 2.42. The van der Waals surface area contributed by atoms with Crippen LogP contribution in [0.4, 0.5) is 5.95 Å². The van der Waals surface area contributed by atoms with Crippen molar-refractivity contribution in [1.29, 1.82) is 0 Å². The fourth-order valence-electron chi connectivity index (χ4n) is 1.64. The molecule has 2 rings (SSSR count). The minimum Gasteiger partial charge on any atom is -0.479 e. The third-order valence-corrected chi connectivity index (χ3v) is 2.42. The molecule has 2 heterocycles. The van der Waals surface area contributed by atoms with Gasteiger partial charge >= 0.3 is 5.97 Å². The fraction of sp³-hybridized carbons (Fsp3) is 0.556. The van der Waals surface area contributed by atoms with Crippen molar-refractivity contribution in [3.63, 3.8) is 0 Å². The van der Waals surface area contributed by atoms with Crippen LogP contribution in [0, 0.1) is 0 Å². The molecule has 1 saturated heterocycles. The Labute approximate surface area is 87.1 Å². The number of ether oxygens (including phenoxy) is 1. The molecule has 1 unspecified atom stereocenters. The summed E-state index contributed by atoms with van der Waals surface area (Å²) in [5.74, 6) is -0.140. The van der Waals surface area contributed by atoms with Crippen LogP contribution in [0.25, 0.3) is 0 Å². The van der Waals surface area contributed by atoms with Gasteiger partial charge in [-0.15, -0.1) is 0 Å². The summed E-state index contributed by atoms with van der Waals surface area (Å²) >= 11 is 0. The van der Waals surface area contributed by atoms with Gasteiger partial charge < -0.3 is 19.3 Å². The fourth-order valence-corrected chi connectivity index (χ4v) is 1.64. The van der Waals surface area contributed by atoms with Gasteiger partial charge in [0.2, 0.25) is 5.95 Å². The van der Waals surface area contributed by atoms with Crippen molar-refractivity contribution in [2.75, 3.05) is 24.6 Å². The highest BCUT2D eigenvalue weighted by Crippen LogP contribution is 2.14. The molecule has 0 aliphatic carbocycles. The standard InChI is InChI=1S/C9H13N3O3/c1-11-3-2-10-9(11)12-4-5-15-7(6-12)8(13)14/h2-3,7H,4-6H2,1H3,(H,13,14). The molecule has 1 aliphatic rings. The van der Waals surface area contributed by atoms with Crippen molar-refractivity contribution in [3.8, 4) is 0 Å². The Morgan fingerprint density at radius 1 is 1.73 bits per heavy atom. The van der Waals surface area contributed by atoms with Gasteiger partial charge in [0.05, 0.1) is 13.2 Å². The number of hydrogen-bond acceptors (Lipinski definition) is 4. The van der Waals surface area contributed by atoms with Gasteiger partial charge in [0.25, 0.3) is 0 Å². The second-order valence-electron chi connectivity index (χ2n) is 3.48. The normalized spacial score (nSPS) is 21.7. The van der Waals surface area contributed by atoms with Gasteiger partial charge in [0.15, 0.2) is 6.10 Å². The lowest BCUT2D eigenvalue weighted by Crippen LogP contribution is -2.47. The Kier molecular flexibility index (Phi) is 2.59. The van der Waals surface area contributed by atoms with E-state index in [-0.39, 0.29) is 0 Å². The van der Waals surface area contributed by atoms with Crippen LogP contribution in [0.5, 0.6) is 0 Å². The predicted octanol–water partition coefficient (Wildman–Crippen LogP) is -0.290. The zero-order valence-electron chi connectivity index (χ0n) is 8.46. The summed E-state index contributed by atoms with van der Waals surface area (Å²) < 4.78 is 6.99. The zero-order chi connectivity index (χ0) is 10.8. The highest BCUT2D eigenvalue weighted by atomic mass is 16.5. The number of aromatic nitrogens is 2. The number of imidazole rings is 1. The average molecular weight is 211 g/mol. The number of carboxylic acids is 1. The monoisotopic (exact) mass is 211 g/mol. The van der Waals surface area contributed by atoms with E-state index in [4.69, 9.17) is 9.84 Å². The van der Waals surface area contributed by atoms with Gasteiger partial charge in [0.1, 0.15) is 0 Å². The molecule has 0 amide bonds. The summed E-state index contributed by atoms with van der Waals surface area (Å²) in [7, 11) is 1.88. The summed E-state index contributed by atoms with van der Waals surface area (Å²) in [5.41, 5.74) is 0. The third kappa shape index (κ3) is 1.94. The molecule has 6 nitrogen and oxygen atoms in total. The number of anilines is 1. The van der Waals surface area contributed by atoms with Crippen LogP contribution < -0.4 is 4.90 Å². The van der Waals surface area contributed by atoms with Crippen LogP contribution in [0.2, 0.25) is 0 Å². The van der Waals surface area contributed by atoms with Crippen molar-refractivity contribution < 1.29 is 14.6 Å². The molecule has 0 radical (unpaired) electrons. The first-order valence-corrected chi connectivity index (χ1v) is 4.75. The Morgan fingerprint density at radius 3 is 3.13 bits per heavy atom. The summed E-state index contributed by atoms with van der Waals surface area (Å²) in [4.78, 5) is 16.9. The molecule has 1 aromatic heterocycles. The summed E-state index contributed by atoms with van der Waals surface area (Å²) in [6.07, 6.45) is 2.77. The number of carbonyl (C=O) groups is 1. The molecule has 0 aromatic carbocycles. The first-order valence-electron chi connectivity index (χ1n) is 4.75. The van der Waals surface area contributed by atoms with E-state index in [1.807, 2.05) is 22.7 Å². The Bertz CT molecular complexity index is 363. The van der Waals surface area contributed by atoms with Crippen LogP contribution in [0.1, 0.15) is 0 Å². The molecule has 0 bridgehead atoms. The molecule has 0 saturated carbocycles. The minimum atomic E-state index is -0.922. The highest BCUT2D eigenvalue weighted by molar-refractivity contribution is 5.73. The number of nitrogens with zero attached hydrogens (tertiary/aromatic N) is 3. The molecule has 6 heteroatoms. The molecule has 1 aromatic rings. The maximum Gasteiger partial charge on any atom is 0.334 e. The SMILES string of the molecule is Cn1ccnc1N1CCOC(C(=O)O)C1. The van der Waals surface area contributed by atoms with Crippen molar-refractivity contribution >= 4 is 11.9 Å².